The third-order valence-electron chi connectivity index (χ3n) is 5.08. The molecule has 0 N–H and O–H groups in total. The van der Waals surface area contributed by atoms with Gasteiger partial charge >= 0.3 is 0 Å². The van der Waals surface area contributed by atoms with Crippen LogP contribution in [0.4, 0.5) is 5.69 Å². The molecule has 150 valence electrons. The van der Waals surface area contributed by atoms with Crippen LogP contribution in [0.2, 0.25) is 0 Å². The molecule has 0 radical (unpaired) electrons. The lowest BCUT2D eigenvalue weighted by Gasteiger charge is -2.33. The summed E-state index contributed by atoms with van der Waals surface area (Å²) in [6.45, 7) is 2.04. The molecule has 28 heavy (non-hydrogen) atoms. The highest BCUT2D eigenvalue weighted by molar-refractivity contribution is 5.94. The molecule has 0 unspecified atom stereocenters. The van der Waals surface area contributed by atoms with Crippen LogP contribution in [0.3, 0.4) is 0 Å². The fourth-order valence-corrected chi connectivity index (χ4v) is 3.38. The zero-order chi connectivity index (χ0) is 19.9. The first kappa shape index (κ1) is 20.0. The predicted molar refractivity (Wildman–Crippen MR) is 109 cm³/mol. The fourth-order valence-electron chi connectivity index (χ4n) is 3.38. The number of para-hydroxylation sites is 2. The lowest BCUT2D eigenvalue weighted by molar-refractivity contribution is -0.119. The summed E-state index contributed by atoms with van der Waals surface area (Å²) in [6, 6.07) is 15.3. The van der Waals surface area contributed by atoms with Crippen molar-refractivity contribution in [3.8, 4) is 17.2 Å². The highest BCUT2D eigenvalue weighted by Gasteiger charge is 2.25. The van der Waals surface area contributed by atoms with Crippen molar-refractivity contribution in [3.05, 3.63) is 48.5 Å². The van der Waals surface area contributed by atoms with Gasteiger partial charge in [0.05, 0.1) is 20.8 Å². The van der Waals surface area contributed by atoms with Crippen molar-refractivity contribution >= 4 is 11.6 Å². The van der Waals surface area contributed by atoms with Crippen LogP contribution in [0.25, 0.3) is 0 Å². The van der Waals surface area contributed by atoms with Crippen LogP contribution in [0, 0.1) is 0 Å². The van der Waals surface area contributed by atoms with Crippen LogP contribution in [-0.4, -0.2) is 57.8 Å². The first-order valence-corrected chi connectivity index (χ1v) is 9.54. The summed E-state index contributed by atoms with van der Waals surface area (Å²) in [5.74, 6) is 2.07. The summed E-state index contributed by atoms with van der Waals surface area (Å²) in [7, 11) is 5.07. The number of piperidine rings is 1. The molecular weight excluding hydrogens is 356 g/mol. The maximum Gasteiger partial charge on any atom is 0.240 e. The highest BCUT2D eigenvalue weighted by Crippen LogP contribution is 2.38. The monoisotopic (exact) mass is 384 g/mol. The number of amides is 1. The lowest BCUT2D eigenvalue weighted by atomic mass is 10.1. The summed E-state index contributed by atoms with van der Waals surface area (Å²) in [6.07, 6.45) is 1.77. The minimum absolute atomic E-state index is 0.0726. The maximum atomic E-state index is 12.6. The first-order valence-electron chi connectivity index (χ1n) is 9.54. The number of hydrogen-bond acceptors (Lipinski definition) is 5. The second-order valence-corrected chi connectivity index (χ2v) is 6.87. The van der Waals surface area contributed by atoms with Gasteiger partial charge in [0.2, 0.25) is 11.7 Å². The van der Waals surface area contributed by atoms with Gasteiger partial charge in [-0.3, -0.25) is 9.69 Å². The largest absolute Gasteiger partial charge is 0.493 e. The van der Waals surface area contributed by atoms with Gasteiger partial charge in [-0.25, -0.2) is 0 Å². The van der Waals surface area contributed by atoms with Crippen molar-refractivity contribution in [3.63, 3.8) is 0 Å². The Bertz CT molecular complexity index is 751. The Labute approximate surface area is 166 Å². The third-order valence-corrected chi connectivity index (χ3v) is 5.08. The van der Waals surface area contributed by atoms with E-state index in [9.17, 15) is 4.79 Å². The number of carbonyl (C=O) groups excluding carboxylic acids is 1. The molecule has 0 saturated carbocycles. The SMILES string of the molecule is COc1cccc(OC)c1OC1CCN(CC(=O)N(C)c2ccccc2)CC1. The van der Waals surface area contributed by atoms with Crippen molar-refractivity contribution < 1.29 is 19.0 Å². The van der Waals surface area contributed by atoms with Gasteiger partial charge in [0.15, 0.2) is 11.5 Å². The van der Waals surface area contributed by atoms with Crippen molar-refractivity contribution in [1.29, 1.82) is 0 Å². The van der Waals surface area contributed by atoms with Crippen LogP contribution in [0.5, 0.6) is 17.2 Å². The van der Waals surface area contributed by atoms with Gasteiger partial charge < -0.3 is 19.1 Å². The van der Waals surface area contributed by atoms with Crippen molar-refractivity contribution in [2.45, 2.75) is 18.9 Å². The normalized spacial score (nSPS) is 15.1. The molecule has 0 spiro atoms. The van der Waals surface area contributed by atoms with Gasteiger partial charge in [0.1, 0.15) is 6.10 Å². The molecule has 0 aliphatic carbocycles. The molecule has 1 amide bonds. The molecule has 1 fully saturated rings. The van der Waals surface area contributed by atoms with Gasteiger partial charge in [-0.05, 0) is 37.1 Å². The molecule has 0 aromatic heterocycles. The number of rotatable bonds is 7. The van der Waals surface area contributed by atoms with Gasteiger partial charge in [-0.2, -0.15) is 0 Å². The third kappa shape index (κ3) is 4.75. The molecule has 1 heterocycles. The molecule has 1 aliphatic rings. The fraction of sp³-hybridized carbons (Fsp3) is 0.409. The zero-order valence-electron chi connectivity index (χ0n) is 16.8. The Morgan fingerprint density at radius 2 is 1.61 bits per heavy atom. The van der Waals surface area contributed by atoms with E-state index in [-0.39, 0.29) is 12.0 Å². The molecule has 0 bridgehead atoms. The second kappa shape index (κ2) is 9.46. The van der Waals surface area contributed by atoms with Gasteiger partial charge in [-0.1, -0.05) is 24.3 Å². The van der Waals surface area contributed by atoms with Gasteiger partial charge in [-0.15, -0.1) is 0 Å². The zero-order valence-corrected chi connectivity index (χ0v) is 16.8. The standard InChI is InChI=1S/C22H28N2O4/c1-23(17-8-5-4-6-9-17)21(25)16-24-14-12-18(13-15-24)28-22-19(26-2)10-7-11-20(22)27-3/h4-11,18H,12-16H2,1-3H3. The number of anilines is 1. The predicted octanol–water partition coefficient (Wildman–Crippen LogP) is 3.21. The smallest absolute Gasteiger partial charge is 0.240 e. The summed E-state index contributed by atoms with van der Waals surface area (Å²) in [5, 5.41) is 0. The summed E-state index contributed by atoms with van der Waals surface area (Å²) in [4.78, 5) is 16.5. The molecule has 6 heteroatoms. The van der Waals surface area contributed by atoms with Crippen LogP contribution in [0.15, 0.2) is 48.5 Å². The number of nitrogens with zero attached hydrogens (tertiary/aromatic N) is 2. The van der Waals surface area contributed by atoms with E-state index in [4.69, 9.17) is 14.2 Å². The minimum atomic E-state index is 0.0726. The van der Waals surface area contributed by atoms with E-state index in [0.717, 1.165) is 31.6 Å². The minimum Gasteiger partial charge on any atom is -0.493 e. The van der Waals surface area contributed by atoms with E-state index >= 15 is 0 Å². The number of likely N-dealkylation sites (tertiary alicyclic amines) is 1. The summed E-state index contributed by atoms with van der Waals surface area (Å²) >= 11 is 0. The average molecular weight is 384 g/mol. The van der Waals surface area contributed by atoms with E-state index in [1.165, 1.54) is 0 Å². The molecule has 0 atom stereocenters. The number of carbonyl (C=O) groups is 1. The Balaban J connectivity index is 1.53. The molecule has 1 aliphatic heterocycles. The highest BCUT2D eigenvalue weighted by atomic mass is 16.5. The van der Waals surface area contributed by atoms with Crippen LogP contribution < -0.4 is 19.1 Å². The first-order chi connectivity index (χ1) is 13.6. The van der Waals surface area contributed by atoms with Crippen molar-refractivity contribution in [2.24, 2.45) is 0 Å². The molecule has 3 rings (SSSR count). The molecule has 1 saturated heterocycles. The Morgan fingerprint density at radius 1 is 1.00 bits per heavy atom. The number of benzene rings is 2. The number of ether oxygens (including phenoxy) is 3. The van der Waals surface area contributed by atoms with Crippen LogP contribution in [0.1, 0.15) is 12.8 Å². The maximum absolute atomic E-state index is 12.6. The summed E-state index contributed by atoms with van der Waals surface area (Å²) < 4.78 is 17.0. The average Bonchev–Trinajstić information content (AvgIpc) is 2.75. The Kier molecular flexibility index (Phi) is 6.76. The van der Waals surface area contributed by atoms with Crippen LogP contribution in [-0.2, 0) is 4.79 Å². The quantitative estimate of drug-likeness (QED) is 0.734. The van der Waals surface area contributed by atoms with E-state index in [1.807, 2.05) is 55.6 Å². The second-order valence-electron chi connectivity index (χ2n) is 6.87. The van der Waals surface area contributed by atoms with Gasteiger partial charge in [0, 0.05) is 25.8 Å². The van der Waals surface area contributed by atoms with E-state index in [1.54, 1.807) is 19.1 Å². The topological polar surface area (TPSA) is 51.2 Å². The van der Waals surface area contributed by atoms with E-state index in [2.05, 4.69) is 4.90 Å². The van der Waals surface area contributed by atoms with Crippen molar-refractivity contribution in [2.75, 3.05) is 45.8 Å². The lowest BCUT2D eigenvalue weighted by Crippen LogP contribution is -2.44. The van der Waals surface area contributed by atoms with Crippen molar-refractivity contribution in [1.82, 2.24) is 4.90 Å². The molecule has 6 nitrogen and oxygen atoms in total. The van der Waals surface area contributed by atoms with E-state index in [0.29, 0.717) is 23.8 Å². The number of methoxy groups -OCH3 is 2. The van der Waals surface area contributed by atoms with Gasteiger partial charge in [0.25, 0.3) is 0 Å². The van der Waals surface area contributed by atoms with E-state index < -0.39 is 0 Å². The molecular formula is C22H28N2O4. The molecule has 2 aromatic rings. The number of hydrogen-bond donors (Lipinski definition) is 0. The molecule has 2 aromatic carbocycles. The number of likely N-dealkylation sites (N-methyl/N-ethyl adjacent to an activating group) is 1. The Hall–Kier alpha value is -2.73. The Morgan fingerprint density at radius 3 is 2.18 bits per heavy atom. The summed E-state index contributed by atoms with van der Waals surface area (Å²) in [5.41, 5.74) is 0.911. The van der Waals surface area contributed by atoms with Crippen LogP contribution >= 0.6 is 0 Å².